The molecule has 6 nitrogen and oxygen atoms in total. The Morgan fingerprint density at radius 2 is 2.13 bits per heavy atom. The number of nitrogens with two attached hydrogens (primary N) is 1. The molecule has 3 rings (SSSR count). The number of sulfonamides is 1. The molecule has 1 heterocycles. The largest absolute Gasteiger partial charge is 0.374 e. The summed E-state index contributed by atoms with van der Waals surface area (Å²) in [6, 6.07) is -0.216. The van der Waals surface area contributed by atoms with Gasteiger partial charge >= 0.3 is 0 Å². The van der Waals surface area contributed by atoms with Crippen molar-refractivity contribution in [2.45, 2.75) is 52.2 Å². The number of Topliss-reactive ketones (excluding diaryl/α,β-unsaturated/α-hetero) is 1. The summed E-state index contributed by atoms with van der Waals surface area (Å²) in [6.07, 6.45) is 1.91. The first-order valence-corrected chi connectivity index (χ1v) is 10.1. The number of hydrogen-bond donors (Lipinski definition) is 1. The molecule has 3 aliphatic rings. The molecule has 3 fully saturated rings. The lowest BCUT2D eigenvalue weighted by molar-refractivity contribution is -0.128. The fraction of sp³-hybridized carbons (Fsp3) is 0.938. The van der Waals surface area contributed by atoms with Gasteiger partial charge in [0, 0.05) is 31.0 Å². The van der Waals surface area contributed by atoms with Gasteiger partial charge in [-0.05, 0) is 31.1 Å². The zero-order chi connectivity index (χ0) is 17.0. The quantitative estimate of drug-likeness (QED) is 0.813. The molecule has 132 valence electrons. The summed E-state index contributed by atoms with van der Waals surface area (Å²) >= 11 is 0. The van der Waals surface area contributed by atoms with Crippen LogP contribution in [0.4, 0.5) is 0 Å². The number of ketones is 1. The Labute approximate surface area is 138 Å². The molecule has 0 amide bonds. The lowest BCUT2D eigenvalue weighted by atomic mass is 9.70. The van der Waals surface area contributed by atoms with E-state index in [2.05, 4.69) is 13.8 Å². The van der Waals surface area contributed by atoms with Crippen LogP contribution >= 0.6 is 0 Å². The number of carbonyl (C=O) groups excluding carboxylic acids is 1. The van der Waals surface area contributed by atoms with Crippen molar-refractivity contribution in [1.82, 2.24) is 4.31 Å². The van der Waals surface area contributed by atoms with Crippen LogP contribution in [0.3, 0.4) is 0 Å². The first kappa shape index (κ1) is 17.3. The molecule has 4 atom stereocenters. The average molecular weight is 344 g/mol. The first-order valence-electron chi connectivity index (χ1n) is 8.48. The average Bonchev–Trinajstić information content (AvgIpc) is 2.81. The molecule has 0 aromatic rings. The second kappa shape index (κ2) is 5.51. The highest BCUT2D eigenvalue weighted by atomic mass is 32.2. The Kier molecular flexibility index (Phi) is 4.15. The summed E-state index contributed by atoms with van der Waals surface area (Å²) in [5.41, 5.74) is 4.92. The lowest BCUT2D eigenvalue weighted by Crippen LogP contribution is -2.54. The lowest BCUT2D eigenvalue weighted by Gasteiger charge is -2.39. The molecule has 2 saturated carbocycles. The van der Waals surface area contributed by atoms with E-state index in [1.165, 1.54) is 4.31 Å². The zero-order valence-corrected chi connectivity index (χ0v) is 15.1. The summed E-state index contributed by atoms with van der Waals surface area (Å²) in [4.78, 5) is 12.6. The third kappa shape index (κ3) is 2.56. The van der Waals surface area contributed by atoms with E-state index in [0.29, 0.717) is 31.9 Å². The maximum absolute atomic E-state index is 13.0. The van der Waals surface area contributed by atoms with Gasteiger partial charge < -0.3 is 10.5 Å². The monoisotopic (exact) mass is 344 g/mol. The van der Waals surface area contributed by atoms with Crippen molar-refractivity contribution in [3.8, 4) is 0 Å². The van der Waals surface area contributed by atoms with Crippen LogP contribution in [0.2, 0.25) is 0 Å². The van der Waals surface area contributed by atoms with Crippen molar-refractivity contribution < 1.29 is 17.9 Å². The van der Waals surface area contributed by atoms with Crippen LogP contribution in [0, 0.1) is 16.7 Å². The third-order valence-corrected chi connectivity index (χ3v) is 8.58. The molecule has 0 aromatic heterocycles. The van der Waals surface area contributed by atoms with Crippen LogP contribution in [-0.4, -0.2) is 56.1 Å². The van der Waals surface area contributed by atoms with Crippen LogP contribution in [-0.2, 0) is 19.6 Å². The summed E-state index contributed by atoms with van der Waals surface area (Å²) in [5, 5.41) is 0. The van der Waals surface area contributed by atoms with Gasteiger partial charge in [-0.2, -0.15) is 4.31 Å². The zero-order valence-electron chi connectivity index (χ0n) is 14.2. The minimum Gasteiger partial charge on any atom is -0.374 e. The van der Waals surface area contributed by atoms with Crippen molar-refractivity contribution in [1.29, 1.82) is 0 Å². The van der Waals surface area contributed by atoms with Crippen LogP contribution in [0.1, 0.15) is 40.0 Å². The summed E-state index contributed by atoms with van der Waals surface area (Å²) < 4.78 is 33.0. The number of morpholine rings is 1. The molecule has 23 heavy (non-hydrogen) atoms. The highest BCUT2D eigenvalue weighted by molar-refractivity contribution is 7.89. The maximum atomic E-state index is 13.0. The number of ether oxygens (including phenoxy) is 1. The smallest absolute Gasteiger partial charge is 0.215 e. The van der Waals surface area contributed by atoms with Gasteiger partial charge in [-0.15, -0.1) is 0 Å². The van der Waals surface area contributed by atoms with Crippen molar-refractivity contribution in [2.24, 2.45) is 22.5 Å². The van der Waals surface area contributed by atoms with Gasteiger partial charge in [0.1, 0.15) is 5.78 Å². The van der Waals surface area contributed by atoms with Crippen LogP contribution in [0.25, 0.3) is 0 Å². The van der Waals surface area contributed by atoms with Gasteiger partial charge in [0.25, 0.3) is 0 Å². The maximum Gasteiger partial charge on any atom is 0.215 e. The molecular weight excluding hydrogens is 316 g/mol. The first-order chi connectivity index (χ1) is 10.6. The van der Waals surface area contributed by atoms with Crippen LogP contribution in [0.15, 0.2) is 0 Å². The molecule has 0 spiro atoms. The SMILES string of the molecule is C[C@@H](N)[C@H]1CN(S(=O)(=O)C[C@@]23CC[C@@H](CC2=O)C3(C)C)CCO1. The number of fused-ring (bicyclic) bond motifs is 2. The Hall–Kier alpha value is -0.500. The standard InChI is InChI=1S/C16H28N2O4S/c1-11(17)13-9-18(6-7-22-13)23(20,21)10-16-5-4-12(8-14(16)19)15(16,2)3/h11-13H,4-10,17H2,1-3H3/t11-,12+,13-,16+/m1/s1. The van der Waals surface area contributed by atoms with E-state index in [0.717, 1.165) is 6.42 Å². The number of rotatable bonds is 4. The Balaban J connectivity index is 1.83. The van der Waals surface area contributed by atoms with Gasteiger partial charge in [0.15, 0.2) is 0 Å². The van der Waals surface area contributed by atoms with Crippen molar-refractivity contribution in [3.05, 3.63) is 0 Å². The molecular formula is C16H28N2O4S. The number of nitrogens with zero attached hydrogens (tertiary/aromatic N) is 1. The number of carbonyl (C=O) groups is 1. The van der Waals surface area contributed by atoms with Crippen LogP contribution in [0.5, 0.6) is 0 Å². The molecule has 1 aliphatic heterocycles. The minimum absolute atomic E-state index is 0.0615. The fourth-order valence-corrected chi connectivity index (χ4v) is 6.94. The third-order valence-electron chi connectivity index (χ3n) is 6.60. The minimum atomic E-state index is -3.50. The molecule has 2 bridgehead atoms. The van der Waals surface area contributed by atoms with Crippen molar-refractivity contribution in [2.75, 3.05) is 25.4 Å². The van der Waals surface area contributed by atoms with Crippen LogP contribution < -0.4 is 5.73 Å². The normalized spacial score (nSPS) is 38.9. The van der Waals surface area contributed by atoms with E-state index < -0.39 is 15.4 Å². The van der Waals surface area contributed by atoms with Gasteiger partial charge in [0.2, 0.25) is 10.0 Å². The summed E-state index contributed by atoms with van der Waals surface area (Å²) in [6.45, 7) is 6.95. The van der Waals surface area contributed by atoms with E-state index in [4.69, 9.17) is 10.5 Å². The summed E-state index contributed by atoms with van der Waals surface area (Å²) in [5.74, 6) is 0.402. The molecule has 0 aromatic carbocycles. The van der Waals surface area contributed by atoms with Gasteiger partial charge in [0.05, 0.1) is 18.5 Å². The van der Waals surface area contributed by atoms with E-state index in [1.807, 2.05) is 6.92 Å². The molecule has 1 saturated heterocycles. The molecule has 0 radical (unpaired) electrons. The molecule has 0 unspecified atom stereocenters. The van der Waals surface area contributed by atoms with E-state index >= 15 is 0 Å². The van der Waals surface area contributed by atoms with Crippen molar-refractivity contribution in [3.63, 3.8) is 0 Å². The van der Waals surface area contributed by atoms with Gasteiger partial charge in [-0.1, -0.05) is 13.8 Å². The molecule has 2 N–H and O–H groups in total. The Morgan fingerprint density at radius 1 is 1.43 bits per heavy atom. The van der Waals surface area contributed by atoms with Gasteiger partial charge in [-0.3, -0.25) is 4.79 Å². The Morgan fingerprint density at radius 3 is 2.65 bits per heavy atom. The predicted molar refractivity (Wildman–Crippen MR) is 87.3 cm³/mol. The highest BCUT2D eigenvalue weighted by Gasteiger charge is 2.65. The van der Waals surface area contributed by atoms with E-state index in [-0.39, 0.29) is 35.6 Å². The van der Waals surface area contributed by atoms with E-state index in [1.54, 1.807) is 0 Å². The van der Waals surface area contributed by atoms with E-state index in [9.17, 15) is 13.2 Å². The second-order valence-electron chi connectivity index (χ2n) is 8.05. The Bertz CT molecular complexity index is 601. The highest BCUT2D eigenvalue weighted by Crippen LogP contribution is 2.64. The predicted octanol–water partition coefficient (Wildman–Crippen LogP) is 0.760. The van der Waals surface area contributed by atoms with Gasteiger partial charge in [-0.25, -0.2) is 8.42 Å². The second-order valence-corrected chi connectivity index (χ2v) is 10.0. The van der Waals surface area contributed by atoms with Crippen molar-refractivity contribution >= 4 is 15.8 Å². The topological polar surface area (TPSA) is 89.7 Å². The number of hydrogen-bond acceptors (Lipinski definition) is 5. The molecule has 7 heteroatoms. The molecule has 2 aliphatic carbocycles. The summed E-state index contributed by atoms with van der Waals surface area (Å²) in [7, 11) is -3.50. The fourth-order valence-electron chi connectivity index (χ4n) is 4.73.